The summed E-state index contributed by atoms with van der Waals surface area (Å²) in [5.41, 5.74) is 0. The number of hydrogen-bond acceptors (Lipinski definition) is 6. The second-order valence-electron chi connectivity index (χ2n) is 5.57. The third kappa shape index (κ3) is 3.54. The number of fused-ring (bicyclic) bond motifs is 1. The van der Waals surface area contributed by atoms with E-state index in [2.05, 4.69) is 25.9 Å². The smallest absolute Gasteiger partial charge is 0.287 e. The van der Waals surface area contributed by atoms with E-state index in [0.29, 0.717) is 11.6 Å². The Morgan fingerprint density at radius 1 is 1.12 bits per heavy atom. The van der Waals surface area contributed by atoms with Gasteiger partial charge in [0, 0.05) is 0 Å². The molecule has 0 saturated heterocycles. The number of carbonyl (C=O) groups excluding carboxylic acids is 1. The summed E-state index contributed by atoms with van der Waals surface area (Å²) in [5.74, 6) is 1.54. The van der Waals surface area contributed by atoms with Gasteiger partial charge in [0.15, 0.2) is 11.6 Å². The van der Waals surface area contributed by atoms with Crippen molar-refractivity contribution in [3.05, 3.63) is 71.9 Å². The Kier molecular flexibility index (Phi) is 4.29. The number of ether oxygens (including phenoxy) is 1. The van der Waals surface area contributed by atoms with Crippen LogP contribution in [0.15, 0.2) is 59.0 Å². The summed E-state index contributed by atoms with van der Waals surface area (Å²) in [6.45, 7) is 0.398. The van der Waals surface area contributed by atoms with E-state index in [4.69, 9.17) is 9.15 Å². The Balaban J connectivity index is 1.36. The molecule has 0 aliphatic heterocycles. The molecule has 0 aliphatic carbocycles. The quantitative estimate of drug-likeness (QED) is 0.554. The molecular weight excluding hydrogens is 334 g/mol. The van der Waals surface area contributed by atoms with E-state index in [0.717, 1.165) is 16.5 Å². The van der Waals surface area contributed by atoms with Gasteiger partial charge in [-0.3, -0.25) is 4.79 Å². The van der Waals surface area contributed by atoms with E-state index in [1.165, 1.54) is 0 Å². The number of aromatic nitrogens is 4. The van der Waals surface area contributed by atoms with Crippen molar-refractivity contribution in [3.63, 3.8) is 0 Å². The van der Waals surface area contributed by atoms with E-state index in [1.807, 2.05) is 42.5 Å². The second kappa shape index (κ2) is 7.06. The molecule has 1 amide bonds. The van der Waals surface area contributed by atoms with Gasteiger partial charge in [-0.15, -0.1) is 10.2 Å². The lowest BCUT2D eigenvalue weighted by atomic mass is 10.1. The normalized spacial score (nSPS) is 10.8. The summed E-state index contributed by atoms with van der Waals surface area (Å²) in [4.78, 5) is 12.0. The molecule has 8 nitrogen and oxygen atoms in total. The molecule has 4 rings (SSSR count). The predicted molar refractivity (Wildman–Crippen MR) is 92.3 cm³/mol. The van der Waals surface area contributed by atoms with Crippen LogP contribution in [-0.2, 0) is 13.2 Å². The van der Waals surface area contributed by atoms with E-state index in [-0.39, 0.29) is 24.8 Å². The molecule has 130 valence electrons. The number of tetrazole rings is 1. The number of furan rings is 1. The highest BCUT2D eigenvalue weighted by Gasteiger charge is 2.12. The molecule has 0 radical (unpaired) electrons. The van der Waals surface area contributed by atoms with Crippen molar-refractivity contribution in [2.75, 3.05) is 0 Å². The van der Waals surface area contributed by atoms with Gasteiger partial charge >= 0.3 is 0 Å². The minimum Gasteiger partial charge on any atom is -0.486 e. The van der Waals surface area contributed by atoms with Gasteiger partial charge in [-0.2, -0.15) is 5.21 Å². The standard InChI is InChI=1S/C18H15N5O3/c24-18(19-10-17-20-22-23-21-17)16-8-7-15(26-16)11-25-14-6-5-12-3-1-2-4-13(12)9-14/h1-9H,10-11H2,(H,19,24)(H,20,21,22,23). The lowest BCUT2D eigenvalue weighted by Gasteiger charge is -2.06. The number of carbonyl (C=O) groups is 1. The van der Waals surface area contributed by atoms with Crippen LogP contribution in [0.3, 0.4) is 0 Å². The lowest BCUT2D eigenvalue weighted by Crippen LogP contribution is -2.22. The van der Waals surface area contributed by atoms with Crippen molar-refractivity contribution in [2.45, 2.75) is 13.2 Å². The zero-order valence-corrected chi connectivity index (χ0v) is 13.7. The molecule has 8 heteroatoms. The second-order valence-corrected chi connectivity index (χ2v) is 5.57. The van der Waals surface area contributed by atoms with Crippen LogP contribution < -0.4 is 10.1 Å². The molecule has 0 saturated carbocycles. The van der Waals surface area contributed by atoms with Crippen LogP contribution in [0.4, 0.5) is 0 Å². The van der Waals surface area contributed by atoms with Crippen LogP contribution in [-0.4, -0.2) is 26.5 Å². The monoisotopic (exact) mass is 349 g/mol. The first-order valence-electron chi connectivity index (χ1n) is 7.99. The molecule has 4 aromatic rings. The maximum atomic E-state index is 12.0. The fourth-order valence-corrected chi connectivity index (χ4v) is 2.49. The average molecular weight is 349 g/mol. The SMILES string of the molecule is O=C(NCc1nn[nH]n1)c1ccc(COc2ccc3ccccc3c2)o1. The molecule has 2 aromatic carbocycles. The molecule has 2 heterocycles. The highest BCUT2D eigenvalue weighted by Crippen LogP contribution is 2.21. The number of nitrogens with zero attached hydrogens (tertiary/aromatic N) is 3. The minimum atomic E-state index is -0.355. The topological polar surface area (TPSA) is 106 Å². The Bertz CT molecular complexity index is 1030. The maximum Gasteiger partial charge on any atom is 0.287 e. The molecule has 0 bridgehead atoms. The van der Waals surface area contributed by atoms with Crippen molar-refractivity contribution < 1.29 is 13.9 Å². The first kappa shape index (κ1) is 15.8. The van der Waals surface area contributed by atoms with Crippen LogP contribution in [0.2, 0.25) is 0 Å². The minimum absolute atomic E-state index is 0.166. The summed E-state index contributed by atoms with van der Waals surface area (Å²) < 4.78 is 11.3. The molecule has 0 unspecified atom stereocenters. The largest absolute Gasteiger partial charge is 0.486 e. The van der Waals surface area contributed by atoms with Gasteiger partial charge in [-0.1, -0.05) is 35.5 Å². The zero-order chi connectivity index (χ0) is 17.8. The predicted octanol–water partition coefficient (Wildman–Crippen LogP) is 2.45. The summed E-state index contributed by atoms with van der Waals surface area (Å²) in [7, 11) is 0. The van der Waals surface area contributed by atoms with Gasteiger partial charge in [0.1, 0.15) is 18.1 Å². The molecule has 26 heavy (non-hydrogen) atoms. The average Bonchev–Trinajstić information content (AvgIpc) is 3.36. The Morgan fingerprint density at radius 2 is 2.00 bits per heavy atom. The molecule has 0 atom stereocenters. The first-order chi connectivity index (χ1) is 12.8. The third-order valence-electron chi connectivity index (χ3n) is 3.78. The van der Waals surface area contributed by atoms with E-state index in [1.54, 1.807) is 12.1 Å². The van der Waals surface area contributed by atoms with Gasteiger partial charge < -0.3 is 14.5 Å². The van der Waals surface area contributed by atoms with Gasteiger partial charge in [0.25, 0.3) is 5.91 Å². The summed E-state index contributed by atoms with van der Waals surface area (Å²) in [6.07, 6.45) is 0. The summed E-state index contributed by atoms with van der Waals surface area (Å²) in [6, 6.07) is 17.3. The number of amides is 1. The van der Waals surface area contributed by atoms with Crippen molar-refractivity contribution in [2.24, 2.45) is 0 Å². The Labute approximate surface area is 148 Å². The van der Waals surface area contributed by atoms with Crippen molar-refractivity contribution in [1.82, 2.24) is 25.9 Å². The zero-order valence-electron chi connectivity index (χ0n) is 13.7. The highest BCUT2D eigenvalue weighted by molar-refractivity contribution is 5.91. The van der Waals surface area contributed by atoms with Gasteiger partial charge in [-0.25, -0.2) is 0 Å². The number of nitrogens with one attached hydrogen (secondary N) is 2. The molecule has 2 aromatic heterocycles. The van der Waals surface area contributed by atoms with Crippen molar-refractivity contribution in [1.29, 1.82) is 0 Å². The van der Waals surface area contributed by atoms with Crippen LogP contribution in [0.25, 0.3) is 10.8 Å². The molecule has 0 spiro atoms. The fourth-order valence-electron chi connectivity index (χ4n) is 2.49. The number of aromatic amines is 1. The summed E-state index contributed by atoms with van der Waals surface area (Å²) in [5, 5.41) is 18.2. The maximum absolute atomic E-state index is 12.0. The Hall–Kier alpha value is -3.68. The highest BCUT2D eigenvalue weighted by atomic mass is 16.5. The number of H-pyrrole nitrogens is 1. The van der Waals surface area contributed by atoms with E-state index >= 15 is 0 Å². The number of benzene rings is 2. The van der Waals surface area contributed by atoms with Crippen LogP contribution >= 0.6 is 0 Å². The summed E-state index contributed by atoms with van der Waals surface area (Å²) >= 11 is 0. The van der Waals surface area contributed by atoms with Crippen LogP contribution in [0.1, 0.15) is 22.1 Å². The van der Waals surface area contributed by atoms with Crippen molar-refractivity contribution in [3.8, 4) is 5.75 Å². The lowest BCUT2D eigenvalue weighted by molar-refractivity contribution is 0.0918. The molecule has 0 aliphatic rings. The number of rotatable bonds is 6. The van der Waals surface area contributed by atoms with Crippen LogP contribution in [0.5, 0.6) is 5.75 Å². The van der Waals surface area contributed by atoms with Crippen molar-refractivity contribution >= 4 is 16.7 Å². The fraction of sp³-hybridized carbons (Fsp3) is 0.111. The van der Waals surface area contributed by atoms with Gasteiger partial charge in [0.05, 0.1) is 6.54 Å². The van der Waals surface area contributed by atoms with Gasteiger partial charge in [0.2, 0.25) is 0 Å². The third-order valence-corrected chi connectivity index (χ3v) is 3.78. The van der Waals surface area contributed by atoms with Gasteiger partial charge in [-0.05, 0) is 35.0 Å². The Morgan fingerprint density at radius 3 is 2.85 bits per heavy atom. The first-order valence-corrected chi connectivity index (χ1v) is 7.99. The van der Waals surface area contributed by atoms with E-state index in [9.17, 15) is 4.79 Å². The molecule has 0 fully saturated rings. The van der Waals surface area contributed by atoms with Crippen LogP contribution in [0, 0.1) is 0 Å². The molecular formula is C18H15N5O3. The van der Waals surface area contributed by atoms with E-state index < -0.39 is 0 Å². The number of hydrogen-bond donors (Lipinski definition) is 2. The molecule has 2 N–H and O–H groups in total.